The molecule has 9 heteroatoms. The van der Waals surface area contributed by atoms with Gasteiger partial charge in [-0.3, -0.25) is 9.59 Å². The van der Waals surface area contributed by atoms with Gasteiger partial charge >= 0.3 is 5.97 Å². The third-order valence-electron chi connectivity index (χ3n) is 9.68. The Morgan fingerprint density at radius 3 is 1.85 bits per heavy atom. The minimum absolute atomic E-state index is 0.140. The van der Waals surface area contributed by atoms with Crippen molar-refractivity contribution in [3.05, 3.63) is 133 Å². The number of ether oxygens (including phenoxy) is 2. The highest BCUT2D eigenvalue weighted by Crippen LogP contribution is 2.39. The van der Waals surface area contributed by atoms with Crippen LogP contribution in [0.3, 0.4) is 0 Å². The summed E-state index contributed by atoms with van der Waals surface area (Å²) in [7, 11) is -1.96. The highest BCUT2D eigenvalue weighted by Gasteiger charge is 2.54. The Bertz CT molecular complexity index is 1790. The molecule has 0 spiro atoms. The number of esters is 1. The molecule has 8 nitrogen and oxygen atoms in total. The minimum Gasteiger partial charge on any atom is -0.471 e. The maximum atomic E-state index is 14.3. The maximum absolute atomic E-state index is 14.3. The van der Waals surface area contributed by atoms with E-state index in [0.717, 1.165) is 33.5 Å². The molecular formula is C43H50N2O6Si. The average molecular weight is 719 g/mol. The van der Waals surface area contributed by atoms with Crippen molar-refractivity contribution in [2.45, 2.75) is 83.2 Å². The van der Waals surface area contributed by atoms with Gasteiger partial charge in [0, 0.05) is 13.0 Å². The number of carbonyl (C=O) groups excluding carboxylic acids is 3. The number of carbonyl (C=O) groups is 3. The van der Waals surface area contributed by atoms with E-state index in [-0.39, 0.29) is 17.7 Å². The molecule has 4 aromatic carbocycles. The van der Waals surface area contributed by atoms with E-state index >= 15 is 0 Å². The van der Waals surface area contributed by atoms with Crippen molar-refractivity contribution in [3.63, 3.8) is 0 Å². The van der Waals surface area contributed by atoms with Crippen LogP contribution >= 0.6 is 0 Å². The van der Waals surface area contributed by atoms with Gasteiger partial charge in [-0.1, -0.05) is 143 Å². The Balaban J connectivity index is 1.45. The zero-order valence-electron chi connectivity index (χ0n) is 30.9. The molecular weight excluding hydrogens is 669 g/mol. The highest BCUT2D eigenvalue weighted by molar-refractivity contribution is 6.99. The summed E-state index contributed by atoms with van der Waals surface area (Å²) in [6, 6.07) is 37.7. The molecule has 2 N–H and O–H groups in total. The predicted molar refractivity (Wildman–Crippen MR) is 207 cm³/mol. The van der Waals surface area contributed by atoms with E-state index in [1.165, 1.54) is 14.0 Å². The monoisotopic (exact) mass is 718 g/mol. The molecule has 0 fully saturated rings. The normalized spacial score (nSPS) is 18.0. The number of amides is 2. The smallest absolute Gasteiger partial charge is 0.373 e. The molecule has 272 valence electrons. The van der Waals surface area contributed by atoms with Crippen LogP contribution < -0.4 is 21.0 Å². The number of hydrogen-bond acceptors (Lipinski definition) is 6. The Hall–Kier alpha value is -4.99. The Morgan fingerprint density at radius 2 is 1.35 bits per heavy atom. The maximum Gasteiger partial charge on any atom is 0.373 e. The molecule has 0 aromatic heterocycles. The fraction of sp³-hybridized carbons (Fsp3) is 0.326. The minimum atomic E-state index is -3.22. The van der Waals surface area contributed by atoms with Gasteiger partial charge in [-0.2, -0.15) is 0 Å². The van der Waals surface area contributed by atoms with Crippen molar-refractivity contribution in [2.24, 2.45) is 0 Å². The third kappa shape index (κ3) is 8.71. The van der Waals surface area contributed by atoms with Gasteiger partial charge in [0.05, 0.1) is 13.2 Å². The summed E-state index contributed by atoms with van der Waals surface area (Å²) in [5.74, 6) is -1.68. The summed E-state index contributed by atoms with van der Waals surface area (Å²) in [5.41, 5.74) is 3.46. The van der Waals surface area contributed by atoms with Crippen LogP contribution in [0.2, 0.25) is 5.04 Å². The Morgan fingerprint density at radius 1 is 0.808 bits per heavy atom. The van der Waals surface area contributed by atoms with Crippen LogP contribution in [0.15, 0.2) is 127 Å². The number of aryl methyl sites for hydroxylation is 1. The van der Waals surface area contributed by atoms with Gasteiger partial charge in [-0.05, 0) is 57.4 Å². The number of hydrogen-bond donors (Lipinski definition) is 2. The summed E-state index contributed by atoms with van der Waals surface area (Å²) in [4.78, 5) is 40.1. The van der Waals surface area contributed by atoms with Crippen molar-refractivity contribution in [2.75, 3.05) is 7.11 Å². The van der Waals surface area contributed by atoms with E-state index in [1.54, 1.807) is 6.08 Å². The average Bonchev–Trinajstić information content (AvgIpc) is 3.16. The molecule has 0 bridgehead atoms. The van der Waals surface area contributed by atoms with Gasteiger partial charge in [0.15, 0.2) is 6.10 Å². The van der Waals surface area contributed by atoms with Gasteiger partial charge in [-0.25, -0.2) is 4.79 Å². The largest absolute Gasteiger partial charge is 0.471 e. The van der Waals surface area contributed by atoms with E-state index in [1.807, 2.05) is 61.5 Å². The molecule has 1 aliphatic rings. The SMILES string of the molecule is CCC(CCc1ccc(-c2ccccc2)cc1)NC(=O)[C@@H]1OC(C(=O)OC)=C[C@@H](O[Si](c2ccccc2)(c2ccccc2)C(C)(C)C)[C@@H]1NC(C)=O. The number of nitrogens with one attached hydrogen (secondary N) is 2. The number of methoxy groups -OCH3 is 1. The Kier molecular flexibility index (Phi) is 12.5. The molecule has 4 aromatic rings. The lowest BCUT2D eigenvalue weighted by Crippen LogP contribution is -2.70. The van der Waals surface area contributed by atoms with Gasteiger partial charge < -0.3 is 24.5 Å². The lowest BCUT2D eigenvalue weighted by Gasteiger charge is -2.47. The van der Waals surface area contributed by atoms with Crippen LogP contribution in [0.4, 0.5) is 0 Å². The van der Waals surface area contributed by atoms with Crippen LogP contribution in [-0.4, -0.2) is 57.5 Å². The van der Waals surface area contributed by atoms with Crippen LogP contribution in [0.5, 0.6) is 0 Å². The third-order valence-corrected chi connectivity index (χ3v) is 14.7. The molecule has 0 aliphatic carbocycles. The summed E-state index contributed by atoms with van der Waals surface area (Å²) in [5, 5.41) is 7.73. The first-order valence-corrected chi connectivity index (χ1v) is 19.8. The summed E-state index contributed by atoms with van der Waals surface area (Å²) in [6.45, 7) is 9.84. The highest BCUT2D eigenvalue weighted by atomic mass is 28.4. The molecule has 5 rings (SSSR count). The molecule has 1 heterocycles. The first-order chi connectivity index (χ1) is 25.0. The summed E-state index contributed by atoms with van der Waals surface area (Å²) in [6.07, 6.45) is 1.47. The van der Waals surface area contributed by atoms with Crippen LogP contribution in [-0.2, 0) is 34.7 Å². The van der Waals surface area contributed by atoms with E-state index < -0.39 is 43.5 Å². The van der Waals surface area contributed by atoms with Crippen molar-refractivity contribution >= 4 is 36.5 Å². The first kappa shape index (κ1) is 38.2. The summed E-state index contributed by atoms with van der Waals surface area (Å²) < 4.78 is 18.6. The standard InChI is InChI=1S/C43H50N2O6Si/c1-7-34(28-25-31-23-26-33(27-24-31)32-17-11-8-12-18-32)45-41(47)40-39(44-30(2)46)37(29-38(50-40)42(48)49-6)51-52(43(3,4)5,35-19-13-9-14-20-35)36-21-15-10-16-22-36/h8-24,26-27,29,34,37,39-40H,7,25,28H2,1-6H3,(H,44,46)(H,45,47)/t34?,37-,39+,40-/m1/s1. The molecule has 52 heavy (non-hydrogen) atoms. The van der Waals surface area contributed by atoms with Gasteiger partial charge in [0.1, 0.15) is 6.04 Å². The first-order valence-electron chi connectivity index (χ1n) is 17.9. The van der Waals surface area contributed by atoms with Crippen molar-refractivity contribution in [1.82, 2.24) is 10.6 Å². The van der Waals surface area contributed by atoms with Gasteiger partial charge in [0.2, 0.25) is 11.7 Å². The molecule has 2 amide bonds. The van der Waals surface area contributed by atoms with Crippen molar-refractivity contribution in [1.29, 1.82) is 0 Å². The quantitative estimate of drug-likeness (QED) is 0.128. The molecule has 1 aliphatic heterocycles. The fourth-order valence-corrected chi connectivity index (χ4v) is 11.6. The second-order valence-corrected chi connectivity index (χ2v) is 18.5. The second-order valence-electron chi connectivity index (χ2n) is 14.2. The van der Waals surface area contributed by atoms with E-state index in [4.69, 9.17) is 13.9 Å². The van der Waals surface area contributed by atoms with Crippen LogP contribution in [0.1, 0.15) is 53.0 Å². The van der Waals surface area contributed by atoms with Gasteiger partial charge in [0.25, 0.3) is 14.2 Å². The van der Waals surface area contributed by atoms with Gasteiger partial charge in [-0.15, -0.1) is 0 Å². The Labute approximate surface area is 308 Å². The number of rotatable bonds is 13. The zero-order chi connectivity index (χ0) is 37.3. The zero-order valence-corrected chi connectivity index (χ0v) is 31.9. The molecule has 0 saturated heterocycles. The molecule has 0 radical (unpaired) electrons. The summed E-state index contributed by atoms with van der Waals surface area (Å²) >= 11 is 0. The number of benzene rings is 4. The van der Waals surface area contributed by atoms with Crippen molar-refractivity contribution < 1.29 is 28.3 Å². The van der Waals surface area contributed by atoms with E-state index in [9.17, 15) is 14.4 Å². The fourth-order valence-electron chi connectivity index (χ4n) is 7.00. The van der Waals surface area contributed by atoms with E-state index in [2.05, 4.69) is 92.1 Å². The predicted octanol–water partition coefficient (Wildman–Crippen LogP) is 6.09. The van der Waals surface area contributed by atoms with Crippen LogP contribution in [0.25, 0.3) is 11.1 Å². The second kappa shape index (κ2) is 17.0. The molecule has 1 unspecified atom stereocenters. The molecule has 4 atom stereocenters. The van der Waals surface area contributed by atoms with Crippen LogP contribution in [0, 0.1) is 0 Å². The lowest BCUT2D eigenvalue weighted by molar-refractivity contribution is -0.147. The topological polar surface area (TPSA) is 103 Å². The molecule has 0 saturated carbocycles. The lowest BCUT2D eigenvalue weighted by atomic mass is 9.97. The van der Waals surface area contributed by atoms with Crippen molar-refractivity contribution in [3.8, 4) is 11.1 Å². The van der Waals surface area contributed by atoms with E-state index in [0.29, 0.717) is 12.8 Å².